The molecule has 0 saturated heterocycles. The Hall–Kier alpha value is -3.12. The Bertz CT molecular complexity index is 1050. The van der Waals surface area contributed by atoms with E-state index in [1.807, 2.05) is 0 Å². The Morgan fingerprint density at radius 1 is 1.24 bits per heavy atom. The molecule has 0 aliphatic carbocycles. The fourth-order valence-electron chi connectivity index (χ4n) is 2.27. The first-order valence-electron chi connectivity index (χ1n) is 7.45. The third-order valence-corrected chi connectivity index (χ3v) is 4.05. The minimum atomic E-state index is -4.93. The zero-order valence-electron chi connectivity index (χ0n) is 14.1. The summed E-state index contributed by atoms with van der Waals surface area (Å²) in [6.45, 7) is 0. The van der Waals surface area contributed by atoms with Gasteiger partial charge in [-0.25, -0.2) is 9.97 Å². The summed E-state index contributed by atoms with van der Waals surface area (Å²) < 4.78 is 50.7. The number of ether oxygens (including phenoxy) is 1. The Morgan fingerprint density at radius 3 is 2.38 bits per heavy atom. The number of nitrogens with one attached hydrogen (secondary N) is 1. The Morgan fingerprint density at radius 2 is 1.90 bits per heavy atom. The van der Waals surface area contributed by atoms with E-state index in [0.717, 1.165) is 19.2 Å². The highest BCUT2D eigenvalue weighted by Crippen LogP contribution is 2.43. The second-order valence-electron chi connectivity index (χ2n) is 5.28. The van der Waals surface area contributed by atoms with Crippen molar-refractivity contribution in [2.75, 3.05) is 12.4 Å². The molecule has 0 amide bonds. The number of rotatable bonds is 5. The van der Waals surface area contributed by atoms with Crippen LogP contribution in [-0.2, 0) is 6.18 Å². The number of nitrogens with zero attached hydrogens (tertiary/aromatic N) is 4. The average molecular weight is 450 g/mol. The number of nitro groups is 1. The second kappa shape index (κ2) is 7.72. The van der Waals surface area contributed by atoms with Crippen molar-refractivity contribution in [3.63, 3.8) is 0 Å². The minimum absolute atomic E-state index is 0.166. The molecule has 3 aromatic rings. The van der Waals surface area contributed by atoms with Gasteiger partial charge >= 0.3 is 6.18 Å². The van der Waals surface area contributed by atoms with Crippen LogP contribution < -0.4 is 10.1 Å². The number of oxazole rings is 1. The first-order chi connectivity index (χ1) is 13.6. The fourth-order valence-corrected chi connectivity index (χ4v) is 2.84. The first-order valence-corrected chi connectivity index (χ1v) is 8.21. The molecule has 0 atom stereocenters. The van der Waals surface area contributed by atoms with E-state index in [2.05, 4.69) is 20.3 Å². The fraction of sp³-hybridized carbons (Fsp3) is 0.133. The number of non-ortho nitro benzene ring substituents is 1. The maximum absolute atomic E-state index is 13.6. The molecule has 1 aromatic carbocycles. The van der Waals surface area contributed by atoms with Gasteiger partial charge < -0.3 is 14.5 Å². The third kappa shape index (κ3) is 4.17. The minimum Gasteiger partial charge on any atom is -0.480 e. The van der Waals surface area contributed by atoms with Crippen LogP contribution in [0.15, 0.2) is 29.0 Å². The summed E-state index contributed by atoms with van der Waals surface area (Å²) in [6.07, 6.45) is -2.50. The number of benzene rings is 1. The monoisotopic (exact) mass is 449 g/mol. The number of methoxy groups -OCH3 is 1. The summed E-state index contributed by atoms with van der Waals surface area (Å²) in [5.41, 5.74) is -2.02. The number of aromatic nitrogens is 3. The average Bonchev–Trinajstić information content (AvgIpc) is 3.17. The van der Waals surface area contributed by atoms with Crippen molar-refractivity contribution in [2.24, 2.45) is 0 Å². The zero-order valence-corrected chi connectivity index (χ0v) is 15.6. The van der Waals surface area contributed by atoms with Gasteiger partial charge in [-0.2, -0.15) is 18.2 Å². The van der Waals surface area contributed by atoms with Crippen LogP contribution in [0.4, 0.5) is 30.4 Å². The van der Waals surface area contributed by atoms with E-state index in [9.17, 15) is 23.3 Å². The quantitative estimate of drug-likeness (QED) is 0.421. The van der Waals surface area contributed by atoms with Gasteiger partial charge in [0.2, 0.25) is 11.7 Å². The lowest BCUT2D eigenvalue weighted by molar-refractivity contribution is -0.384. The van der Waals surface area contributed by atoms with Crippen molar-refractivity contribution in [1.82, 2.24) is 15.0 Å². The van der Waals surface area contributed by atoms with Gasteiger partial charge in [-0.3, -0.25) is 10.1 Å². The molecule has 3 rings (SSSR count). The van der Waals surface area contributed by atoms with Crippen LogP contribution in [0.5, 0.6) is 5.88 Å². The van der Waals surface area contributed by atoms with E-state index in [1.54, 1.807) is 0 Å². The van der Waals surface area contributed by atoms with Gasteiger partial charge in [-0.1, -0.05) is 23.2 Å². The molecule has 9 nitrogen and oxygen atoms in total. The summed E-state index contributed by atoms with van der Waals surface area (Å²) in [7, 11) is 0.993. The van der Waals surface area contributed by atoms with Gasteiger partial charge in [0.25, 0.3) is 11.6 Å². The van der Waals surface area contributed by atoms with Crippen LogP contribution in [0.25, 0.3) is 11.7 Å². The first kappa shape index (κ1) is 20.6. The van der Waals surface area contributed by atoms with Gasteiger partial charge in [0.15, 0.2) is 11.4 Å². The molecule has 152 valence electrons. The van der Waals surface area contributed by atoms with Crippen molar-refractivity contribution in [3.05, 3.63) is 50.3 Å². The van der Waals surface area contributed by atoms with Crippen LogP contribution in [0.3, 0.4) is 0 Å². The lowest BCUT2D eigenvalue weighted by Crippen LogP contribution is -2.15. The third-order valence-electron chi connectivity index (χ3n) is 3.46. The van der Waals surface area contributed by atoms with Gasteiger partial charge in [0.1, 0.15) is 6.26 Å². The molecule has 0 spiro atoms. The molecule has 0 fully saturated rings. The van der Waals surface area contributed by atoms with E-state index in [-0.39, 0.29) is 27.4 Å². The summed E-state index contributed by atoms with van der Waals surface area (Å²) in [4.78, 5) is 21.4. The lowest BCUT2D eigenvalue weighted by atomic mass is 10.2. The normalized spacial score (nSPS) is 11.4. The molecule has 29 heavy (non-hydrogen) atoms. The summed E-state index contributed by atoms with van der Waals surface area (Å²) in [5.74, 6) is -2.05. The number of nitro benzene ring substituents is 1. The van der Waals surface area contributed by atoms with Gasteiger partial charge in [-0.05, 0) is 0 Å². The number of alkyl halides is 3. The van der Waals surface area contributed by atoms with E-state index in [4.69, 9.17) is 32.4 Å². The van der Waals surface area contributed by atoms with Crippen LogP contribution in [0, 0.1) is 10.1 Å². The molecule has 1 N–H and O–H groups in total. The van der Waals surface area contributed by atoms with Crippen LogP contribution >= 0.6 is 23.2 Å². The predicted octanol–water partition coefficient (Wildman–Crippen LogP) is 5.12. The molecular weight excluding hydrogens is 442 g/mol. The van der Waals surface area contributed by atoms with E-state index in [0.29, 0.717) is 0 Å². The summed E-state index contributed by atoms with van der Waals surface area (Å²) >= 11 is 11.9. The molecule has 0 unspecified atom stereocenters. The van der Waals surface area contributed by atoms with E-state index >= 15 is 0 Å². The molecule has 2 heterocycles. The molecule has 0 aliphatic rings. The lowest BCUT2D eigenvalue weighted by Gasteiger charge is -2.18. The standard InChI is InChI=1S/C15H8Cl2F3N5O4/c1-28-13-9(15(18,19)20)11(23-12(24-13)14-21-2-3-29-14)22-10-7(16)4-6(25(26)27)5-8(10)17/h2-5H,1H3,(H,22,23,24). The van der Waals surface area contributed by atoms with Gasteiger partial charge in [0.05, 0.1) is 34.0 Å². The molecule has 0 aliphatic heterocycles. The topological polar surface area (TPSA) is 116 Å². The maximum Gasteiger partial charge on any atom is 0.425 e. The number of anilines is 2. The highest BCUT2D eigenvalue weighted by Gasteiger charge is 2.40. The number of hydrogen-bond acceptors (Lipinski definition) is 8. The summed E-state index contributed by atoms with van der Waals surface area (Å²) in [5, 5.41) is 12.6. The Labute approximate surface area is 169 Å². The van der Waals surface area contributed by atoms with Crippen LogP contribution in [0.1, 0.15) is 5.56 Å². The van der Waals surface area contributed by atoms with E-state index < -0.39 is 34.0 Å². The molecule has 0 bridgehead atoms. The second-order valence-corrected chi connectivity index (χ2v) is 6.10. The van der Waals surface area contributed by atoms with Crippen molar-refractivity contribution in [1.29, 1.82) is 0 Å². The van der Waals surface area contributed by atoms with Crippen molar-refractivity contribution >= 4 is 40.4 Å². The molecule has 0 saturated carbocycles. The molecular formula is C15H8Cl2F3N5O4. The maximum atomic E-state index is 13.6. The molecule has 2 aromatic heterocycles. The zero-order chi connectivity index (χ0) is 21.3. The predicted molar refractivity (Wildman–Crippen MR) is 95.5 cm³/mol. The highest BCUT2D eigenvalue weighted by molar-refractivity contribution is 6.39. The van der Waals surface area contributed by atoms with Crippen molar-refractivity contribution in [3.8, 4) is 17.6 Å². The molecule has 14 heteroatoms. The Kier molecular flexibility index (Phi) is 5.48. The Balaban J connectivity index is 2.20. The largest absolute Gasteiger partial charge is 0.480 e. The smallest absolute Gasteiger partial charge is 0.425 e. The van der Waals surface area contributed by atoms with Gasteiger partial charge in [0, 0.05) is 12.1 Å². The number of hydrogen-bond donors (Lipinski definition) is 1. The van der Waals surface area contributed by atoms with Crippen LogP contribution in [0.2, 0.25) is 10.0 Å². The molecule has 0 radical (unpaired) electrons. The summed E-state index contributed by atoms with van der Waals surface area (Å²) in [6, 6.07) is 1.85. The van der Waals surface area contributed by atoms with Crippen LogP contribution in [-0.4, -0.2) is 27.0 Å². The van der Waals surface area contributed by atoms with Crippen molar-refractivity contribution in [2.45, 2.75) is 6.18 Å². The number of halogens is 5. The van der Waals surface area contributed by atoms with E-state index in [1.165, 1.54) is 12.5 Å². The SMILES string of the molecule is COc1nc(-c2ncco2)nc(Nc2c(Cl)cc([N+](=O)[O-])cc2Cl)c1C(F)(F)F. The van der Waals surface area contributed by atoms with Gasteiger partial charge in [-0.15, -0.1) is 0 Å². The van der Waals surface area contributed by atoms with Crippen molar-refractivity contribution < 1.29 is 27.2 Å². The highest BCUT2D eigenvalue weighted by atomic mass is 35.5.